The zero-order chi connectivity index (χ0) is 26.5. The molecule has 0 spiro atoms. The second kappa shape index (κ2) is 9.18. The van der Waals surface area contributed by atoms with Gasteiger partial charge in [-0.15, -0.1) is 0 Å². The molecule has 1 aromatic heterocycles. The van der Waals surface area contributed by atoms with Gasteiger partial charge in [0.25, 0.3) is 0 Å². The molecule has 7 aromatic rings. The average molecular weight is 501 g/mol. The Morgan fingerprint density at radius 3 is 1.31 bits per heavy atom. The van der Waals surface area contributed by atoms with Crippen molar-refractivity contribution in [1.29, 1.82) is 0 Å². The molecule has 0 radical (unpaired) electrons. The fourth-order valence-corrected chi connectivity index (χ4v) is 5.70. The Kier molecular flexibility index (Phi) is 5.49. The van der Waals surface area contributed by atoms with Crippen molar-refractivity contribution in [2.75, 3.05) is 0 Å². The normalized spacial score (nSPS) is 11.5. The number of aromatic nitrogens is 2. The molecule has 2 nitrogen and oxygen atoms in total. The van der Waals surface area contributed by atoms with E-state index in [0.29, 0.717) is 0 Å². The Bertz CT molecular complexity index is 1990. The van der Waals surface area contributed by atoms with Gasteiger partial charge < -0.3 is 0 Å². The Labute approximate surface area is 228 Å². The van der Waals surface area contributed by atoms with Crippen molar-refractivity contribution in [3.63, 3.8) is 0 Å². The maximum absolute atomic E-state index is 4.77. The average Bonchev–Trinajstić information content (AvgIpc) is 2.99. The number of rotatable bonds is 3. The Hall–Kier alpha value is -4.82. The molecule has 0 saturated heterocycles. The van der Waals surface area contributed by atoms with Gasteiger partial charge in [0, 0.05) is 17.0 Å². The molecule has 2 heteroatoms. The highest BCUT2D eigenvalue weighted by atomic mass is 14.9. The summed E-state index contributed by atoms with van der Waals surface area (Å²) in [6, 6.07) is 41.7. The van der Waals surface area contributed by atoms with Gasteiger partial charge in [-0.3, -0.25) is 0 Å². The first-order valence-electron chi connectivity index (χ1n) is 13.4. The summed E-state index contributed by atoms with van der Waals surface area (Å²) in [6.45, 7) is 6.18. The van der Waals surface area contributed by atoms with E-state index in [1.807, 2.05) is 0 Å². The highest BCUT2D eigenvalue weighted by Gasteiger charge is 2.11. The summed E-state index contributed by atoms with van der Waals surface area (Å²) in [6.07, 6.45) is 0. The standard InChI is InChI=1S/C37H28N2/c1-23-24(2)38-37(39-25(23)3)30-13-9-12-28(21-30)26-10-8-11-27(20-26)29-18-19-35-33-16-5-4-14-31(33)32-15-6-7-17-34(32)36(35)22-29/h4-22H,1-3H3. The molecule has 0 saturated carbocycles. The first kappa shape index (κ1) is 23.3. The van der Waals surface area contributed by atoms with Crippen LogP contribution >= 0.6 is 0 Å². The number of nitrogens with zero attached hydrogens (tertiary/aromatic N) is 2. The molecule has 0 atom stereocenters. The van der Waals surface area contributed by atoms with Crippen LogP contribution in [-0.4, -0.2) is 9.97 Å². The summed E-state index contributed by atoms with van der Waals surface area (Å²) in [5.41, 5.74) is 9.00. The molecule has 1 heterocycles. The van der Waals surface area contributed by atoms with Gasteiger partial charge in [0.15, 0.2) is 5.82 Å². The molecular formula is C37H28N2. The molecule has 6 aromatic carbocycles. The second-order valence-electron chi connectivity index (χ2n) is 10.4. The summed E-state index contributed by atoms with van der Waals surface area (Å²) < 4.78 is 0. The van der Waals surface area contributed by atoms with E-state index in [2.05, 4.69) is 136 Å². The van der Waals surface area contributed by atoms with E-state index in [1.54, 1.807) is 0 Å². The third-order valence-corrected chi connectivity index (χ3v) is 8.03. The van der Waals surface area contributed by atoms with Crippen LogP contribution in [0.5, 0.6) is 0 Å². The van der Waals surface area contributed by atoms with E-state index in [1.165, 1.54) is 49.0 Å². The monoisotopic (exact) mass is 500 g/mol. The molecule has 0 fully saturated rings. The van der Waals surface area contributed by atoms with Crippen molar-refractivity contribution in [2.24, 2.45) is 0 Å². The summed E-state index contributed by atoms with van der Waals surface area (Å²) in [4.78, 5) is 9.54. The van der Waals surface area contributed by atoms with Crippen LogP contribution in [-0.2, 0) is 0 Å². The van der Waals surface area contributed by atoms with Crippen LogP contribution in [0.1, 0.15) is 17.0 Å². The number of benzene rings is 6. The van der Waals surface area contributed by atoms with E-state index in [4.69, 9.17) is 9.97 Å². The molecule has 39 heavy (non-hydrogen) atoms. The summed E-state index contributed by atoms with van der Waals surface area (Å²) >= 11 is 0. The smallest absolute Gasteiger partial charge is 0.159 e. The molecule has 0 bridgehead atoms. The number of aryl methyl sites for hydroxylation is 2. The molecule has 0 unspecified atom stereocenters. The second-order valence-corrected chi connectivity index (χ2v) is 10.4. The van der Waals surface area contributed by atoms with Crippen LogP contribution in [0.3, 0.4) is 0 Å². The van der Waals surface area contributed by atoms with Crippen molar-refractivity contribution in [1.82, 2.24) is 9.97 Å². The van der Waals surface area contributed by atoms with Crippen LogP contribution in [0.15, 0.2) is 115 Å². The SMILES string of the molecule is Cc1nc(-c2cccc(-c3cccc(-c4ccc5c6ccccc6c6ccccc6c5c4)c3)c2)nc(C)c1C. The lowest BCUT2D eigenvalue weighted by Crippen LogP contribution is -1.99. The molecule has 186 valence electrons. The summed E-state index contributed by atoms with van der Waals surface area (Å²) in [5.74, 6) is 0.780. The molecule has 0 N–H and O–H groups in total. The van der Waals surface area contributed by atoms with Crippen molar-refractivity contribution in [3.05, 3.63) is 132 Å². The van der Waals surface area contributed by atoms with Crippen LogP contribution in [0.2, 0.25) is 0 Å². The lowest BCUT2D eigenvalue weighted by molar-refractivity contribution is 1.02. The maximum atomic E-state index is 4.77. The highest BCUT2D eigenvalue weighted by molar-refractivity contribution is 6.25. The van der Waals surface area contributed by atoms with Gasteiger partial charge in [-0.2, -0.15) is 0 Å². The van der Waals surface area contributed by atoms with Crippen LogP contribution in [0, 0.1) is 20.8 Å². The van der Waals surface area contributed by atoms with Gasteiger partial charge in [0.1, 0.15) is 0 Å². The largest absolute Gasteiger partial charge is 0.233 e. The molecule has 0 aliphatic rings. The van der Waals surface area contributed by atoms with E-state index in [9.17, 15) is 0 Å². The van der Waals surface area contributed by atoms with Crippen LogP contribution < -0.4 is 0 Å². The predicted molar refractivity (Wildman–Crippen MR) is 165 cm³/mol. The maximum Gasteiger partial charge on any atom is 0.159 e. The fourth-order valence-electron chi connectivity index (χ4n) is 5.70. The zero-order valence-electron chi connectivity index (χ0n) is 22.4. The van der Waals surface area contributed by atoms with Gasteiger partial charge in [-0.05, 0) is 99.1 Å². The molecule has 7 rings (SSSR count). The number of hydrogen-bond donors (Lipinski definition) is 0. The number of hydrogen-bond acceptors (Lipinski definition) is 2. The van der Waals surface area contributed by atoms with E-state index in [-0.39, 0.29) is 0 Å². The minimum Gasteiger partial charge on any atom is -0.233 e. The van der Waals surface area contributed by atoms with Gasteiger partial charge in [-0.1, -0.05) is 97.1 Å². The molecule has 0 aliphatic heterocycles. The van der Waals surface area contributed by atoms with E-state index >= 15 is 0 Å². The lowest BCUT2D eigenvalue weighted by atomic mass is 9.91. The topological polar surface area (TPSA) is 25.8 Å². The molecular weight excluding hydrogens is 472 g/mol. The third-order valence-electron chi connectivity index (χ3n) is 8.03. The number of fused-ring (bicyclic) bond motifs is 6. The van der Waals surface area contributed by atoms with E-state index in [0.717, 1.165) is 33.9 Å². The van der Waals surface area contributed by atoms with Crippen molar-refractivity contribution >= 4 is 32.3 Å². The summed E-state index contributed by atoms with van der Waals surface area (Å²) in [5, 5.41) is 7.77. The van der Waals surface area contributed by atoms with Gasteiger partial charge in [0.2, 0.25) is 0 Å². The minimum atomic E-state index is 0.780. The van der Waals surface area contributed by atoms with Gasteiger partial charge >= 0.3 is 0 Å². The first-order valence-corrected chi connectivity index (χ1v) is 13.4. The minimum absolute atomic E-state index is 0.780. The van der Waals surface area contributed by atoms with Crippen molar-refractivity contribution < 1.29 is 0 Å². The van der Waals surface area contributed by atoms with Gasteiger partial charge in [0.05, 0.1) is 0 Å². The van der Waals surface area contributed by atoms with Gasteiger partial charge in [-0.25, -0.2) is 9.97 Å². The zero-order valence-corrected chi connectivity index (χ0v) is 22.4. The summed E-state index contributed by atoms with van der Waals surface area (Å²) in [7, 11) is 0. The highest BCUT2D eigenvalue weighted by Crippen LogP contribution is 2.37. The van der Waals surface area contributed by atoms with Crippen LogP contribution in [0.25, 0.3) is 66.0 Å². The Morgan fingerprint density at radius 2 is 0.769 bits per heavy atom. The molecule has 0 amide bonds. The van der Waals surface area contributed by atoms with Crippen molar-refractivity contribution in [3.8, 4) is 33.6 Å². The molecule has 0 aliphatic carbocycles. The Balaban J connectivity index is 1.35. The van der Waals surface area contributed by atoms with Crippen LogP contribution in [0.4, 0.5) is 0 Å². The predicted octanol–water partition coefficient (Wildman–Crippen LogP) is 9.86. The first-order chi connectivity index (χ1) is 19.1. The fraction of sp³-hybridized carbons (Fsp3) is 0.0811. The van der Waals surface area contributed by atoms with Crippen molar-refractivity contribution in [2.45, 2.75) is 20.8 Å². The lowest BCUT2D eigenvalue weighted by Gasteiger charge is -2.13. The third kappa shape index (κ3) is 3.97. The Morgan fingerprint density at radius 1 is 0.359 bits per heavy atom. The van der Waals surface area contributed by atoms with E-state index < -0.39 is 0 Å². The quantitative estimate of drug-likeness (QED) is 0.226.